The first-order chi connectivity index (χ1) is 18.0. The first kappa shape index (κ1) is 30.6. The second-order valence-electron chi connectivity index (χ2n) is 9.11. The molecule has 0 bridgehead atoms. The van der Waals surface area contributed by atoms with E-state index >= 15 is 0 Å². The molecule has 0 spiro atoms. The number of thiol groups is 1. The van der Waals surface area contributed by atoms with E-state index in [1.54, 1.807) is 13.1 Å². The zero-order chi connectivity index (χ0) is 28.4. The number of fused-ring (bicyclic) bond motifs is 1. The van der Waals surface area contributed by atoms with E-state index in [1.807, 2.05) is 31.2 Å². The number of amides is 3. The van der Waals surface area contributed by atoms with Gasteiger partial charge < -0.3 is 36.9 Å². The van der Waals surface area contributed by atoms with Crippen molar-refractivity contribution in [1.82, 2.24) is 20.9 Å². The van der Waals surface area contributed by atoms with Gasteiger partial charge in [0.15, 0.2) is 0 Å². The maximum Gasteiger partial charge on any atom is 0.326 e. The quantitative estimate of drug-likeness (QED) is 0.146. The zero-order valence-electron chi connectivity index (χ0n) is 21.3. The van der Waals surface area contributed by atoms with Gasteiger partial charge in [-0.15, -0.1) is 0 Å². The van der Waals surface area contributed by atoms with Crippen LogP contribution in [0.1, 0.15) is 38.7 Å². The third-order valence-electron chi connectivity index (χ3n) is 6.37. The van der Waals surface area contributed by atoms with Crippen LogP contribution in [0.2, 0.25) is 0 Å². The van der Waals surface area contributed by atoms with E-state index in [4.69, 9.17) is 10.8 Å². The summed E-state index contributed by atoms with van der Waals surface area (Å²) >= 11 is 4.11. The number of para-hydroxylation sites is 1. The van der Waals surface area contributed by atoms with Gasteiger partial charge >= 0.3 is 11.9 Å². The molecule has 8 N–H and O–H groups in total. The van der Waals surface area contributed by atoms with Crippen molar-refractivity contribution < 1.29 is 34.2 Å². The van der Waals surface area contributed by atoms with E-state index in [-0.39, 0.29) is 24.5 Å². The number of carboxylic acid groups (broad SMARTS) is 2. The van der Waals surface area contributed by atoms with Crippen molar-refractivity contribution in [1.29, 1.82) is 0 Å². The molecular formula is C25H35N5O7S. The van der Waals surface area contributed by atoms with Crippen molar-refractivity contribution in [3.8, 4) is 0 Å². The number of carboxylic acids is 2. The minimum Gasteiger partial charge on any atom is -0.481 e. The van der Waals surface area contributed by atoms with Crippen LogP contribution in [0.15, 0.2) is 30.5 Å². The third-order valence-corrected chi connectivity index (χ3v) is 6.73. The number of aromatic nitrogens is 1. The number of nitrogens with one attached hydrogen (secondary N) is 4. The summed E-state index contributed by atoms with van der Waals surface area (Å²) < 4.78 is 0. The lowest BCUT2D eigenvalue weighted by atomic mass is 9.98. The summed E-state index contributed by atoms with van der Waals surface area (Å²) in [6, 6.07) is 2.60. The average Bonchev–Trinajstić information content (AvgIpc) is 3.30. The highest BCUT2D eigenvalue weighted by Gasteiger charge is 2.31. The highest BCUT2D eigenvalue weighted by atomic mass is 32.1. The van der Waals surface area contributed by atoms with Crippen LogP contribution in [0.25, 0.3) is 10.9 Å². The van der Waals surface area contributed by atoms with Crippen LogP contribution in [0.3, 0.4) is 0 Å². The van der Waals surface area contributed by atoms with Crippen molar-refractivity contribution in [3.63, 3.8) is 0 Å². The van der Waals surface area contributed by atoms with Crippen molar-refractivity contribution in [2.45, 2.75) is 63.7 Å². The van der Waals surface area contributed by atoms with Crippen LogP contribution in [-0.2, 0) is 30.4 Å². The lowest BCUT2D eigenvalue weighted by Gasteiger charge is -2.25. The van der Waals surface area contributed by atoms with Gasteiger partial charge in [0, 0.05) is 35.7 Å². The Hall–Kier alpha value is -3.58. The van der Waals surface area contributed by atoms with Crippen molar-refractivity contribution >= 4 is 53.2 Å². The second-order valence-corrected chi connectivity index (χ2v) is 9.48. The van der Waals surface area contributed by atoms with Crippen LogP contribution in [0, 0.1) is 5.92 Å². The summed E-state index contributed by atoms with van der Waals surface area (Å²) in [5.41, 5.74) is 7.44. The van der Waals surface area contributed by atoms with E-state index in [1.165, 1.54) is 0 Å². The summed E-state index contributed by atoms with van der Waals surface area (Å²) in [5, 5.41) is 26.9. The molecule has 0 aliphatic carbocycles. The average molecular weight is 550 g/mol. The van der Waals surface area contributed by atoms with Gasteiger partial charge in [-0.1, -0.05) is 38.5 Å². The van der Waals surface area contributed by atoms with E-state index < -0.39 is 60.2 Å². The van der Waals surface area contributed by atoms with Gasteiger partial charge in [-0.3, -0.25) is 19.2 Å². The Bertz CT molecular complexity index is 1150. The number of carbonyl (C=O) groups excluding carboxylic acids is 3. The second kappa shape index (κ2) is 14.4. The Morgan fingerprint density at radius 2 is 1.58 bits per heavy atom. The molecule has 2 rings (SSSR count). The molecule has 1 aromatic heterocycles. The topological polar surface area (TPSA) is 204 Å². The van der Waals surface area contributed by atoms with Crippen molar-refractivity contribution in [3.05, 3.63) is 36.0 Å². The summed E-state index contributed by atoms with van der Waals surface area (Å²) in [6.45, 7) is 3.62. The predicted octanol–water partition coefficient (Wildman–Crippen LogP) is 0.417. The van der Waals surface area contributed by atoms with Gasteiger partial charge in [-0.2, -0.15) is 12.6 Å². The van der Waals surface area contributed by atoms with Gasteiger partial charge in [0.05, 0.1) is 6.04 Å². The third kappa shape index (κ3) is 8.48. The van der Waals surface area contributed by atoms with Gasteiger partial charge in [-0.05, 0) is 24.0 Å². The molecule has 208 valence electrons. The maximum atomic E-state index is 13.0. The minimum absolute atomic E-state index is 0.0108. The molecule has 0 fully saturated rings. The van der Waals surface area contributed by atoms with Crippen LogP contribution in [0.4, 0.5) is 0 Å². The molecule has 38 heavy (non-hydrogen) atoms. The monoisotopic (exact) mass is 549 g/mol. The summed E-state index contributed by atoms with van der Waals surface area (Å²) in [5.74, 6) is -5.02. The summed E-state index contributed by atoms with van der Waals surface area (Å²) in [6.07, 6.45) is 1.62. The van der Waals surface area contributed by atoms with Crippen LogP contribution < -0.4 is 21.7 Å². The molecule has 12 nitrogen and oxygen atoms in total. The van der Waals surface area contributed by atoms with Crippen molar-refractivity contribution in [2.75, 3.05) is 5.75 Å². The first-order valence-corrected chi connectivity index (χ1v) is 12.9. The van der Waals surface area contributed by atoms with Gasteiger partial charge in [0.25, 0.3) is 0 Å². The smallest absolute Gasteiger partial charge is 0.326 e. The van der Waals surface area contributed by atoms with Gasteiger partial charge in [-0.25, -0.2) is 4.79 Å². The molecule has 0 aliphatic heterocycles. The lowest BCUT2D eigenvalue weighted by molar-refractivity contribution is -0.142. The Balaban J connectivity index is 2.11. The maximum absolute atomic E-state index is 13.0. The number of hydrogen-bond donors (Lipinski definition) is 8. The Labute approximate surface area is 225 Å². The Morgan fingerprint density at radius 1 is 0.974 bits per heavy atom. The predicted molar refractivity (Wildman–Crippen MR) is 144 cm³/mol. The van der Waals surface area contributed by atoms with E-state index in [0.29, 0.717) is 12.0 Å². The molecular weight excluding hydrogens is 514 g/mol. The molecule has 3 amide bonds. The molecule has 0 aliphatic rings. The van der Waals surface area contributed by atoms with Crippen molar-refractivity contribution in [2.24, 2.45) is 11.7 Å². The highest BCUT2D eigenvalue weighted by Crippen LogP contribution is 2.19. The normalized spacial score (nSPS) is 15.1. The Morgan fingerprint density at radius 3 is 2.18 bits per heavy atom. The number of aromatic amines is 1. The van der Waals surface area contributed by atoms with E-state index in [0.717, 1.165) is 10.9 Å². The number of carbonyl (C=O) groups is 5. The van der Waals surface area contributed by atoms with Crippen LogP contribution in [0.5, 0.6) is 0 Å². The number of H-pyrrole nitrogens is 1. The molecule has 0 radical (unpaired) electrons. The zero-order valence-corrected chi connectivity index (χ0v) is 22.2. The lowest BCUT2D eigenvalue weighted by Crippen LogP contribution is -2.58. The number of hydrogen-bond acceptors (Lipinski definition) is 7. The fraction of sp³-hybridized carbons (Fsp3) is 0.480. The molecule has 0 saturated heterocycles. The largest absolute Gasteiger partial charge is 0.481 e. The Kier molecular flexibility index (Phi) is 11.6. The van der Waals surface area contributed by atoms with Gasteiger partial charge in [0.1, 0.15) is 18.1 Å². The number of rotatable bonds is 15. The van der Waals surface area contributed by atoms with E-state index in [9.17, 15) is 29.1 Å². The van der Waals surface area contributed by atoms with Crippen LogP contribution in [-0.4, -0.2) is 74.8 Å². The molecule has 1 aromatic carbocycles. The number of aliphatic carboxylic acids is 2. The fourth-order valence-corrected chi connectivity index (χ4v) is 4.03. The molecule has 2 aromatic rings. The highest BCUT2D eigenvalue weighted by molar-refractivity contribution is 7.80. The summed E-state index contributed by atoms with van der Waals surface area (Å²) in [7, 11) is 0. The molecule has 0 saturated carbocycles. The minimum atomic E-state index is -1.29. The molecule has 1 heterocycles. The summed E-state index contributed by atoms with van der Waals surface area (Å²) in [4.78, 5) is 64.4. The van der Waals surface area contributed by atoms with Crippen LogP contribution >= 0.6 is 12.6 Å². The van der Waals surface area contributed by atoms with Gasteiger partial charge in [0.2, 0.25) is 17.7 Å². The van der Waals surface area contributed by atoms with E-state index in [2.05, 4.69) is 33.6 Å². The fourth-order valence-electron chi connectivity index (χ4n) is 3.78. The first-order valence-electron chi connectivity index (χ1n) is 12.3. The molecule has 5 atom stereocenters. The number of nitrogens with two attached hydrogens (primary N) is 1. The SMILES string of the molecule is CCC(C)C(N)C(=O)NC(CCC(=O)O)C(=O)NC(CS)C(=O)NC(Cc1c[nH]c2ccccc12)C(=O)O. The number of benzene rings is 1. The standard InChI is InChI=1S/C25H35N5O7S/c1-3-13(2)21(26)24(35)28-17(8-9-20(31)32)22(33)30-19(12-38)23(34)29-18(25(36)37)10-14-11-27-16-7-5-4-6-15(14)16/h4-7,11,13,17-19,21,27,38H,3,8-10,12,26H2,1-2H3,(H,28,35)(H,29,34)(H,30,33)(H,31,32)(H,36,37). The molecule has 5 unspecified atom stereocenters. The molecule has 13 heteroatoms.